The van der Waals surface area contributed by atoms with Crippen molar-refractivity contribution in [2.24, 2.45) is 5.11 Å². The summed E-state index contributed by atoms with van der Waals surface area (Å²) in [5.74, 6) is 0. The molecule has 0 saturated carbocycles. The number of nitrogens with zero attached hydrogens (tertiary/aromatic N) is 1. The second kappa shape index (κ2) is 6.82. The number of hydrogen-bond acceptors (Lipinski definition) is 2. The van der Waals surface area contributed by atoms with Crippen molar-refractivity contribution in [3.63, 3.8) is 0 Å². The number of rotatable bonds is 3. The zero-order chi connectivity index (χ0) is 6.95. The zero-order valence-electron chi connectivity index (χ0n) is 5.41. The second-order valence-corrected chi connectivity index (χ2v) is 1.38. The van der Waals surface area contributed by atoms with E-state index in [1.807, 2.05) is 31.2 Å². The van der Waals surface area contributed by atoms with Crippen LogP contribution in [0, 0.1) is 5.53 Å². The maximum atomic E-state index is 6.37. The Bertz CT molecular complexity index is 143. The minimum absolute atomic E-state index is 1.42. The Kier molecular flexibility index (Phi) is 5.93. The lowest BCUT2D eigenvalue weighted by Gasteiger charge is -1.68. The van der Waals surface area contributed by atoms with Crippen LogP contribution in [0.25, 0.3) is 0 Å². The fourth-order valence-corrected chi connectivity index (χ4v) is 0.332. The van der Waals surface area contributed by atoms with Crippen molar-refractivity contribution in [1.82, 2.24) is 0 Å². The van der Waals surface area contributed by atoms with E-state index in [0.717, 1.165) is 0 Å². The summed E-state index contributed by atoms with van der Waals surface area (Å²) in [4.78, 5) is 0. The van der Waals surface area contributed by atoms with Gasteiger partial charge >= 0.3 is 0 Å². The van der Waals surface area contributed by atoms with Gasteiger partial charge in [0.05, 0.1) is 0 Å². The van der Waals surface area contributed by atoms with Crippen molar-refractivity contribution in [2.45, 2.75) is 6.92 Å². The third-order valence-corrected chi connectivity index (χ3v) is 0.686. The standard InChI is InChI=1S/C7H10N2/c1-2-3-4-5-6-7-9-8/h2-8H,1H3/b3-2-,5-4-,7-6+,9-8?. The van der Waals surface area contributed by atoms with Crippen LogP contribution in [0.4, 0.5) is 0 Å². The van der Waals surface area contributed by atoms with Crippen molar-refractivity contribution < 1.29 is 0 Å². The first kappa shape index (κ1) is 7.82. The molecular weight excluding hydrogens is 112 g/mol. The van der Waals surface area contributed by atoms with Gasteiger partial charge in [-0.15, -0.1) is 0 Å². The Labute approximate surface area is 55.1 Å². The maximum Gasteiger partial charge on any atom is 0.0488 e. The molecule has 0 rings (SSSR count). The molecule has 0 aliphatic rings. The molecule has 0 heterocycles. The molecule has 2 heteroatoms. The van der Waals surface area contributed by atoms with Crippen LogP contribution in [-0.2, 0) is 0 Å². The topological polar surface area (TPSA) is 36.2 Å². The first-order valence-corrected chi connectivity index (χ1v) is 2.73. The molecule has 48 valence electrons. The molecule has 0 saturated heterocycles. The zero-order valence-corrected chi connectivity index (χ0v) is 5.41. The van der Waals surface area contributed by atoms with Gasteiger partial charge < -0.3 is 0 Å². The molecule has 0 atom stereocenters. The van der Waals surface area contributed by atoms with E-state index in [1.54, 1.807) is 6.08 Å². The summed E-state index contributed by atoms with van der Waals surface area (Å²) in [7, 11) is 0. The molecular formula is C7H10N2. The van der Waals surface area contributed by atoms with Crippen molar-refractivity contribution in [2.75, 3.05) is 0 Å². The van der Waals surface area contributed by atoms with Crippen LogP contribution in [0.2, 0.25) is 0 Å². The highest BCUT2D eigenvalue weighted by atomic mass is 14.9. The fourth-order valence-electron chi connectivity index (χ4n) is 0.332. The van der Waals surface area contributed by atoms with Gasteiger partial charge in [-0.2, -0.15) is 5.11 Å². The molecule has 0 aromatic heterocycles. The van der Waals surface area contributed by atoms with Gasteiger partial charge in [0.25, 0.3) is 0 Å². The summed E-state index contributed by atoms with van der Waals surface area (Å²) < 4.78 is 0. The Hall–Kier alpha value is -1.18. The summed E-state index contributed by atoms with van der Waals surface area (Å²) in [6, 6.07) is 0. The summed E-state index contributed by atoms with van der Waals surface area (Å²) >= 11 is 0. The fraction of sp³-hybridized carbons (Fsp3) is 0.143. The summed E-state index contributed by atoms with van der Waals surface area (Å²) in [5.41, 5.74) is 6.37. The Balaban J connectivity index is 3.46. The van der Waals surface area contributed by atoms with E-state index in [9.17, 15) is 0 Å². The van der Waals surface area contributed by atoms with Crippen LogP contribution >= 0.6 is 0 Å². The molecule has 9 heavy (non-hydrogen) atoms. The highest BCUT2D eigenvalue weighted by Gasteiger charge is 1.58. The molecule has 1 N–H and O–H groups in total. The lowest BCUT2D eigenvalue weighted by Crippen LogP contribution is -1.47. The highest BCUT2D eigenvalue weighted by molar-refractivity contribution is 5.09. The number of hydrogen-bond donors (Lipinski definition) is 1. The van der Waals surface area contributed by atoms with Crippen LogP contribution in [0.5, 0.6) is 0 Å². The second-order valence-electron chi connectivity index (χ2n) is 1.38. The van der Waals surface area contributed by atoms with E-state index < -0.39 is 0 Å². The lowest BCUT2D eigenvalue weighted by molar-refractivity contribution is 1.14. The van der Waals surface area contributed by atoms with E-state index in [4.69, 9.17) is 5.53 Å². The van der Waals surface area contributed by atoms with Gasteiger partial charge in [-0.1, -0.05) is 24.3 Å². The molecule has 0 spiro atoms. The lowest BCUT2D eigenvalue weighted by atomic mass is 10.4. The normalized spacial score (nSPS) is 12.1. The van der Waals surface area contributed by atoms with Crippen molar-refractivity contribution in [3.05, 3.63) is 36.6 Å². The van der Waals surface area contributed by atoms with Gasteiger partial charge in [-0.3, -0.25) is 0 Å². The molecule has 0 aromatic rings. The Morgan fingerprint density at radius 2 is 1.78 bits per heavy atom. The van der Waals surface area contributed by atoms with E-state index in [2.05, 4.69) is 5.11 Å². The van der Waals surface area contributed by atoms with E-state index in [1.165, 1.54) is 6.20 Å². The first-order valence-electron chi connectivity index (χ1n) is 2.73. The molecule has 0 amide bonds. The average Bonchev–Trinajstić information content (AvgIpc) is 1.89. The predicted molar refractivity (Wildman–Crippen MR) is 38.2 cm³/mol. The van der Waals surface area contributed by atoms with Gasteiger partial charge in [0.1, 0.15) is 0 Å². The van der Waals surface area contributed by atoms with E-state index in [-0.39, 0.29) is 0 Å². The minimum Gasteiger partial charge on any atom is -0.205 e. The summed E-state index contributed by atoms with van der Waals surface area (Å²) in [5, 5.41) is 3.03. The number of allylic oxidation sites excluding steroid dienone is 5. The van der Waals surface area contributed by atoms with Gasteiger partial charge in [0.2, 0.25) is 0 Å². The molecule has 0 bridgehead atoms. The maximum absolute atomic E-state index is 6.37. The number of nitrogens with one attached hydrogen (secondary N) is 1. The quantitative estimate of drug-likeness (QED) is 0.441. The first-order chi connectivity index (χ1) is 4.41. The van der Waals surface area contributed by atoms with Crippen molar-refractivity contribution in [3.8, 4) is 0 Å². The third kappa shape index (κ3) is 6.82. The van der Waals surface area contributed by atoms with Crippen LogP contribution in [0.15, 0.2) is 41.7 Å². The SMILES string of the molecule is C\C=C/C=C\C=C\N=N. The third-order valence-electron chi connectivity index (χ3n) is 0.686. The van der Waals surface area contributed by atoms with Crippen LogP contribution < -0.4 is 0 Å². The smallest absolute Gasteiger partial charge is 0.0488 e. The Morgan fingerprint density at radius 1 is 1.11 bits per heavy atom. The van der Waals surface area contributed by atoms with Crippen molar-refractivity contribution in [1.29, 1.82) is 5.53 Å². The molecule has 0 radical (unpaired) electrons. The molecule has 0 aromatic carbocycles. The van der Waals surface area contributed by atoms with Crippen LogP contribution in [-0.4, -0.2) is 0 Å². The Morgan fingerprint density at radius 3 is 2.33 bits per heavy atom. The van der Waals surface area contributed by atoms with Gasteiger partial charge in [0.15, 0.2) is 0 Å². The van der Waals surface area contributed by atoms with Crippen LogP contribution in [0.1, 0.15) is 6.92 Å². The van der Waals surface area contributed by atoms with E-state index in [0.29, 0.717) is 0 Å². The van der Waals surface area contributed by atoms with Gasteiger partial charge in [0, 0.05) is 6.20 Å². The minimum atomic E-state index is 1.42. The van der Waals surface area contributed by atoms with Gasteiger partial charge in [-0.05, 0) is 13.0 Å². The molecule has 0 unspecified atom stereocenters. The van der Waals surface area contributed by atoms with Gasteiger partial charge in [-0.25, -0.2) is 5.53 Å². The molecule has 0 fully saturated rings. The largest absolute Gasteiger partial charge is 0.205 e. The predicted octanol–water partition coefficient (Wildman–Crippen LogP) is 2.66. The molecule has 0 aliphatic carbocycles. The monoisotopic (exact) mass is 122 g/mol. The molecule has 0 aliphatic heterocycles. The van der Waals surface area contributed by atoms with Crippen LogP contribution in [0.3, 0.4) is 0 Å². The van der Waals surface area contributed by atoms with Crippen molar-refractivity contribution >= 4 is 0 Å². The summed E-state index contributed by atoms with van der Waals surface area (Å²) in [6.07, 6.45) is 10.7. The summed E-state index contributed by atoms with van der Waals surface area (Å²) in [6.45, 7) is 1.95. The highest BCUT2D eigenvalue weighted by Crippen LogP contribution is 1.79. The van der Waals surface area contributed by atoms with E-state index >= 15 is 0 Å². The average molecular weight is 122 g/mol. The molecule has 2 nitrogen and oxygen atoms in total.